The molecule has 2 rings (SSSR count). The fourth-order valence-electron chi connectivity index (χ4n) is 1.52. The van der Waals surface area contributed by atoms with E-state index in [9.17, 15) is 12.8 Å². The molecule has 0 heterocycles. The third-order valence-corrected chi connectivity index (χ3v) is 5.01. The zero-order chi connectivity index (χ0) is 14.9. The third kappa shape index (κ3) is 3.31. The molecule has 20 heavy (non-hydrogen) atoms. The first-order valence-corrected chi connectivity index (χ1v) is 8.39. The highest BCUT2D eigenvalue weighted by atomic mass is 79.9. The van der Waals surface area contributed by atoms with Crippen LogP contribution < -0.4 is 10.5 Å². The number of anilines is 2. The molecule has 0 aliphatic rings. The number of rotatable bonds is 3. The summed E-state index contributed by atoms with van der Waals surface area (Å²) in [4.78, 5) is -0.159. The minimum Gasteiger partial charge on any atom is -0.399 e. The van der Waals surface area contributed by atoms with E-state index in [4.69, 9.17) is 5.73 Å². The first kappa shape index (κ1) is 15.3. The van der Waals surface area contributed by atoms with Gasteiger partial charge in [0.25, 0.3) is 10.0 Å². The van der Waals surface area contributed by atoms with Crippen molar-refractivity contribution >= 4 is 53.3 Å². The summed E-state index contributed by atoms with van der Waals surface area (Å²) in [7, 11) is -3.88. The van der Waals surface area contributed by atoms with Gasteiger partial charge in [0, 0.05) is 14.6 Å². The van der Waals surface area contributed by atoms with Crippen LogP contribution in [0.3, 0.4) is 0 Å². The van der Waals surface area contributed by atoms with Crippen LogP contribution in [0.2, 0.25) is 0 Å². The molecule has 0 amide bonds. The summed E-state index contributed by atoms with van der Waals surface area (Å²) in [5.41, 5.74) is 6.40. The van der Waals surface area contributed by atoms with Crippen LogP contribution in [0.1, 0.15) is 0 Å². The zero-order valence-corrected chi connectivity index (χ0v) is 13.9. The van der Waals surface area contributed by atoms with Crippen molar-refractivity contribution in [3.05, 3.63) is 51.2 Å². The van der Waals surface area contributed by atoms with Crippen molar-refractivity contribution in [2.24, 2.45) is 0 Å². The summed E-state index contributed by atoms with van der Waals surface area (Å²) in [5, 5.41) is 0. The van der Waals surface area contributed by atoms with Crippen LogP contribution in [0, 0.1) is 5.82 Å². The molecule has 0 atom stereocenters. The normalized spacial score (nSPS) is 11.3. The van der Waals surface area contributed by atoms with Gasteiger partial charge in [0.2, 0.25) is 0 Å². The molecule has 0 saturated heterocycles. The number of nitrogens with two attached hydrogens (primary N) is 1. The van der Waals surface area contributed by atoms with Crippen LogP contribution in [0.5, 0.6) is 0 Å². The topological polar surface area (TPSA) is 72.2 Å². The van der Waals surface area contributed by atoms with Crippen LogP contribution in [0.25, 0.3) is 0 Å². The lowest BCUT2D eigenvalue weighted by atomic mass is 10.3. The lowest BCUT2D eigenvalue weighted by Gasteiger charge is -2.12. The van der Waals surface area contributed by atoms with Crippen molar-refractivity contribution in [2.75, 3.05) is 10.5 Å². The Hall–Kier alpha value is -1.12. The molecule has 3 N–H and O–H groups in total. The number of nitrogens with one attached hydrogen (secondary N) is 1. The number of hydrogen-bond acceptors (Lipinski definition) is 3. The van der Waals surface area contributed by atoms with Crippen molar-refractivity contribution in [1.82, 2.24) is 0 Å². The second kappa shape index (κ2) is 5.71. The van der Waals surface area contributed by atoms with Crippen molar-refractivity contribution in [3.63, 3.8) is 0 Å². The van der Waals surface area contributed by atoms with Gasteiger partial charge in [0.05, 0.1) is 10.6 Å². The Morgan fingerprint density at radius 3 is 2.25 bits per heavy atom. The van der Waals surface area contributed by atoms with Gasteiger partial charge in [-0.2, -0.15) is 0 Å². The second-order valence-corrected chi connectivity index (χ2v) is 7.31. The molecule has 0 bridgehead atoms. The van der Waals surface area contributed by atoms with E-state index in [0.717, 1.165) is 6.07 Å². The molecule has 0 saturated carbocycles. The molecule has 0 unspecified atom stereocenters. The SMILES string of the molecule is Nc1cc(Br)c(NS(=O)(=O)c2cccc(F)c2)c(Br)c1. The molecule has 0 fully saturated rings. The van der Waals surface area contributed by atoms with E-state index in [1.54, 1.807) is 12.1 Å². The van der Waals surface area contributed by atoms with E-state index in [1.165, 1.54) is 18.2 Å². The summed E-state index contributed by atoms with van der Waals surface area (Å²) in [6.07, 6.45) is 0. The maximum atomic E-state index is 13.1. The number of nitrogen functional groups attached to an aromatic ring is 1. The van der Waals surface area contributed by atoms with E-state index in [0.29, 0.717) is 20.3 Å². The minimum absolute atomic E-state index is 0.159. The predicted molar refractivity (Wildman–Crippen MR) is 83.5 cm³/mol. The third-order valence-electron chi connectivity index (χ3n) is 2.41. The van der Waals surface area contributed by atoms with E-state index in [2.05, 4.69) is 36.6 Å². The molecular weight excluding hydrogens is 415 g/mol. The smallest absolute Gasteiger partial charge is 0.262 e. The second-order valence-electron chi connectivity index (χ2n) is 3.92. The van der Waals surface area contributed by atoms with Gasteiger partial charge >= 0.3 is 0 Å². The first-order valence-electron chi connectivity index (χ1n) is 5.32. The summed E-state index contributed by atoms with van der Waals surface area (Å²) < 4.78 is 40.8. The van der Waals surface area contributed by atoms with E-state index >= 15 is 0 Å². The largest absolute Gasteiger partial charge is 0.399 e. The number of hydrogen-bond donors (Lipinski definition) is 2. The number of halogens is 3. The van der Waals surface area contributed by atoms with E-state index in [-0.39, 0.29) is 4.90 Å². The van der Waals surface area contributed by atoms with Gasteiger partial charge in [0.1, 0.15) is 5.82 Å². The van der Waals surface area contributed by atoms with Crippen molar-refractivity contribution in [1.29, 1.82) is 0 Å². The first-order chi connectivity index (χ1) is 9.29. The number of benzene rings is 2. The Balaban J connectivity index is 2.44. The Labute approximate surface area is 132 Å². The van der Waals surface area contributed by atoms with Gasteiger partial charge in [-0.1, -0.05) is 6.07 Å². The highest BCUT2D eigenvalue weighted by molar-refractivity contribution is 9.11. The standard InChI is InChI=1S/C12H9Br2FN2O2S/c13-10-5-8(16)6-11(14)12(10)17-20(18,19)9-3-1-2-7(15)4-9/h1-6,17H,16H2. The average Bonchev–Trinajstić information content (AvgIpc) is 2.34. The maximum Gasteiger partial charge on any atom is 0.262 e. The molecule has 0 aliphatic carbocycles. The van der Waals surface area contributed by atoms with Crippen molar-refractivity contribution < 1.29 is 12.8 Å². The van der Waals surface area contributed by atoms with Gasteiger partial charge in [-0.15, -0.1) is 0 Å². The van der Waals surface area contributed by atoms with E-state index < -0.39 is 15.8 Å². The van der Waals surface area contributed by atoms with Crippen LogP contribution in [-0.2, 0) is 10.0 Å². The minimum atomic E-state index is -3.88. The van der Waals surface area contributed by atoms with Crippen LogP contribution in [0.4, 0.5) is 15.8 Å². The Kier molecular flexibility index (Phi) is 4.36. The van der Waals surface area contributed by atoms with Gasteiger partial charge in [0.15, 0.2) is 0 Å². The number of sulfonamides is 1. The lowest BCUT2D eigenvalue weighted by molar-refractivity contribution is 0.595. The molecule has 0 aromatic heterocycles. The predicted octanol–water partition coefficient (Wildman–Crippen LogP) is 3.73. The fourth-order valence-corrected chi connectivity index (χ4v) is 4.33. The summed E-state index contributed by atoms with van der Waals surface area (Å²) in [6.45, 7) is 0. The average molecular weight is 424 g/mol. The molecule has 0 spiro atoms. The zero-order valence-electron chi connectivity index (χ0n) is 9.90. The maximum absolute atomic E-state index is 13.1. The molecule has 2 aromatic carbocycles. The molecule has 0 radical (unpaired) electrons. The molecule has 4 nitrogen and oxygen atoms in total. The summed E-state index contributed by atoms with van der Waals surface area (Å²) in [5.74, 6) is -0.622. The quantitative estimate of drug-likeness (QED) is 0.738. The molecule has 0 aliphatic heterocycles. The Bertz CT molecular complexity index is 743. The Morgan fingerprint density at radius 2 is 1.70 bits per heavy atom. The molecule has 2 aromatic rings. The lowest BCUT2D eigenvalue weighted by Crippen LogP contribution is -2.14. The summed E-state index contributed by atoms with van der Waals surface area (Å²) >= 11 is 6.45. The summed E-state index contributed by atoms with van der Waals surface area (Å²) in [6, 6.07) is 7.89. The van der Waals surface area contributed by atoms with Gasteiger partial charge in [-0.05, 0) is 62.2 Å². The molecule has 106 valence electrons. The van der Waals surface area contributed by atoms with E-state index in [1.807, 2.05) is 0 Å². The van der Waals surface area contributed by atoms with Gasteiger partial charge in [-0.3, -0.25) is 4.72 Å². The van der Waals surface area contributed by atoms with Gasteiger partial charge in [-0.25, -0.2) is 12.8 Å². The molecule has 8 heteroatoms. The highest BCUT2D eigenvalue weighted by Gasteiger charge is 2.18. The van der Waals surface area contributed by atoms with Crippen molar-refractivity contribution in [2.45, 2.75) is 4.90 Å². The Morgan fingerprint density at radius 1 is 1.10 bits per heavy atom. The fraction of sp³-hybridized carbons (Fsp3) is 0. The van der Waals surface area contributed by atoms with Crippen LogP contribution >= 0.6 is 31.9 Å². The monoisotopic (exact) mass is 422 g/mol. The highest BCUT2D eigenvalue weighted by Crippen LogP contribution is 2.34. The molecular formula is C12H9Br2FN2O2S. The van der Waals surface area contributed by atoms with Crippen LogP contribution in [-0.4, -0.2) is 8.42 Å². The van der Waals surface area contributed by atoms with Gasteiger partial charge < -0.3 is 5.73 Å². The van der Waals surface area contributed by atoms with Crippen LogP contribution in [0.15, 0.2) is 50.2 Å². The van der Waals surface area contributed by atoms with Crippen molar-refractivity contribution in [3.8, 4) is 0 Å².